The first-order chi connectivity index (χ1) is 14.6. The van der Waals surface area contributed by atoms with Crippen molar-refractivity contribution in [1.29, 1.82) is 0 Å². The zero-order valence-electron chi connectivity index (χ0n) is 17.8. The molecule has 7 heteroatoms. The number of aryl methyl sites for hydroxylation is 1. The second-order valence-electron chi connectivity index (χ2n) is 9.07. The lowest BCUT2D eigenvalue weighted by molar-refractivity contribution is -0.137. The number of rotatable bonds is 3. The van der Waals surface area contributed by atoms with Crippen molar-refractivity contribution in [2.75, 3.05) is 5.32 Å². The molecule has 0 amide bonds. The number of benzene rings is 1. The minimum absolute atomic E-state index is 0.120. The molecule has 31 heavy (non-hydrogen) atoms. The summed E-state index contributed by atoms with van der Waals surface area (Å²) < 4.78 is 39.6. The van der Waals surface area contributed by atoms with Gasteiger partial charge in [0.25, 0.3) is 0 Å². The molecule has 0 saturated carbocycles. The van der Waals surface area contributed by atoms with Crippen LogP contribution in [0, 0.1) is 11.3 Å². The van der Waals surface area contributed by atoms with E-state index in [0.29, 0.717) is 23.2 Å². The van der Waals surface area contributed by atoms with Crippen molar-refractivity contribution in [2.24, 2.45) is 11.3 Å². The molecular formula is C24H25F3N4. The standard InChI is InChI=1S/C24H25F3N4/c1-23(2,3)16-7-8-20-19(14-16)22(31-21(30-20)15-9-11-28-12-10-15)29-18-6-4-5-17(13-18)24(25,26)27/h4-6,9-13,16H,7-8,14H2,1-3H3,(H,29,30,31)/t16-/m0/s1. The first-order valence-electron chi connectivity index (χ1n) is 10.4. The third kappa shape index (κ3) is 4.70. The molecule has 0 fully saturated rings. The van der Waals surface area contributed by atoms with Gasteiger partial charge in [-0.1, -0.05) is 26.8 Å². The molecule has 0 bridgehead atoms. The van der Waals surface area contributed by atoms with E-state index in [1.165, 1.54) is 6.07 Å². The fourth-order valence-electron chi connectivity index (χ4n) is 3.99. The normalized spacial score (nSPS) is 16.6. The lowest BCUT2D eigenvalue weighted by atomic mass is 9.71. The SMILES string of the molecule is CC(C)(C)[C@H]1CCc2nc(-c3ccncc3)nc(Nc3cccc(C(F)(F)F)c3)c2C1. The van der Waals surface area contributed by atoms with Crippen molar-refractivity contribution < 1.29 is 13.2 Å². The Morgan fingerprint density at radius 3 is 2.42 bits per heavy atom. The number of nitrogens with zero attached hydrogens (tertiary/aromatic N) is 3. The lowest BCUT2D eigenvalue weighted by Crippen LogP contribution is -2.28. The minimum Gasteiger partial charge on any atom is -0.340 e. The summed E-state index contributed by atoms with van der Waals surface area (Å²) in [5.74, 6) is 1.56. The van der Waals surface area contributed by atoms with Gasteiger partial charge in [-0.25, -0.2) is 9.97 Å². The van der Waals surface area contributed by atoms with Crippen LogP contribution in [0.4, 0.5) is 24.7 Å². The number of halogens is 3. The Kier molecular flexibility index (Phi) is 5.45. The van der Waals surface area contributed by atoms with Gasteiger partial charge in [-0.2, -0.15) is 13.2 Å². The van der Waals surface area contributed by atoms with Crippen molar-refractivity contribution in [3.63, 3.8) is 0 Å². The summed E-state index contributed by atoms with van der Waals surface area (Å²) in [5, 5.41) is 3.16. The zero-order chi connectivity index (χ0) is 22.2. The average Bonchev–Trinajstić information content (AvgIpc) is 2.73. The molecule has 162 valence electrons. The van der Waals surface area contributed by atoms with E-state index in [0.717, 1.165) is 48.2 Å². The van der Waals surface area contributed by atoms with Crippen molar-refractivity contribution >= 4 is 11.5 Å². The summed E-state index contributed by atoms with van der Waals surface area (Å²) in [4.78, 5) is 13.6. The predicted octanol–water partition coefficient (Wildman–Crippen LogP) is 6.45. The molecular weight excluding hydrogens is 401 g/mol. The monoisotopic (exact) mass is 426 g/mol. The predicted molar refractivity (Wildman–Crippen MR) is 115 cm³/mol. The van der Waals surface area contributed by atoms with Gasteiger partial charge in [-0.05, 0) is 60.9 Å². The highest BCUT2D eigenvalue weighted by Crippen LogP contribution is 2.40. The lowest BCUT2D eigenvalue weighted by Gasteiger charge is -2.35. The van der Waals surface area contributed by atoms with Crippen LogP contribution in [0.5, 0.6) is 0 Å². The van der Waals surface area contributed by atoms with Crippen molar-refractivity contribution in [3.05, 3.63) is 65.6 Å². The van der Waals surface area contributed by atoms with Gasteiger partial charge in [0.2, 0.25) is 0 Å². The highest BCUT2D eigenvalue weighted by atomic mass is 19.4. The van der Waals surface area contributed by atoms with E-state index in [1.54, 1.807) is 18.5 Å². The summed E-state index contributed by atoms with van der Waals surface area (Å²) in [6.07, 6.45) is 1.57. The summed E-state index contributed by atoms with van der Waals surface area (Å²) >= 11 is 0. The average molecular weight is 426 g/mol. The molecule has 0 aliphatic heterocycles. The van der Waals surface area contributed by atoms with Gasteiger partial charge in [0.1, 0.15) is 5.82 Å². The molecule has 0 radical (unpaired) electrons. The first kappa shape index (κ1) is 21.3. The van der Waals surface area contributed by atoms with Gasteiger partial charge < -0.3 is 5.32 Å². The van der Waals surface area contributed by atoms with Gasteiger partial charge >= 0.3 is 6.18 Å². The Bertz CT molecular complexity index is 1070. The Balaban J connectivity index is 1.78. The maximum Gasteiger partial charge on any atom is 0.416 e. The number of aromatic nitrogens is 3. The van der Waals surface area contributed by atoms with Crippen LogP contribution < -0.4 is 5.32 Å². The highest BCUT2D eigenvalue weighted by molar-refractivity contribution is 5.65. The smallest absolute Gasteiger partial charge is 0.340 e. The molecule has 2 aromatic heterocycles. The molecule has 0 spiro atoms. The van der Waals surface area contributed by atoms with Gasteiger partial charge in [0.05, 0.1) is 5.56 Å². The topological polar surface area (TPSA) is 50.7 Å². The van der Waals surface area contributed by atoms with E-state index < -0.39 is 11.7 Å². The Morgan fingerprint density at radius 2 is 1.74 bits per heavy atom. The molecule has 1 N–H and O–H groups in total. The molecule has 4 nitrogen and oxygen atoms in total. The second-order valence-corrected chi connectivity index (χ2v) is 9.07. The van der Waals surface area contributed by atoms with Crippen LogP contribution in [0.2, 0.25) is 0 Å². The molecule has 1 aliphatic rings. The number of pyridine rings is 1. The van der Waals surface area contributed by atoms with E-state index in [1.807, 2.05) is 12.1 Å². The highest BCUT2D eigenvalue weighted by Gasteiger charge is 2.33. The van der Waals surface area contributed by atoms with E-state index in [2.05, 4.69) is 31.1 Å². The van der Waals surface area contributed by atoms with E-state index in [9.17, 15) is 13.2 Å². The largest absolute Gasteiger partial charge is 0.416 e. The molecule has 0 saturated heterocycles. The van der Waals surface area contributed by atoms with Gasteiger partial charge in [-0.3, -0.25) is 4.98 Å². The van der Waals surface area contributed by atoms with Crippen LogP contribution in [-0.4, -0.2) is 15.0 Å². The fraction of sp³-hybridized carbons (Fsp3) is 0.375. The number of fused-ring (bicyclic) bond motifs is 1. The van der Waals surface area contributed by atoms with Crippen molar-refractivity contribution in [3.8, 4) is 11.4 Å². The van der Waals surface area contributed by atoms with Crippen LogP contribution >= 0.6 is 0 Å². The number of anilines is 2. The summed E-state index contributed by atoms with van der Waals surface area (Å²) in [7, 11) is 0. The van der Waals surface area contributed by atoms with Crippen molar-refractivity contribution in [1.82, 2.24) is 15.0 Å². The van der Waals surface area contributed by atoms with Crippen LogP contribution in [0.3, 0.4) is 0 Å². The summed E-state index contributed by atoms with van der Waals surface area (Å²) in [6.45, 7) is 6.65. The van der Waals surface area contributed by atoms with E-state index in [4.69, 9.17) is 9.97 Å². The molecule has 1 aromatic carbocycles. The molecule has 4 rings (SSSR count). The summed E-state index contributed by atoms with van der Waals surface area (Å²) in [6, 6.07) is 8.87. The molecule has 3 aromatic rings. The number of hydrogen-bond donors (Lipinski definition) is 1. The maximum absolute atomic E-state index is 13.2. The number of nitrogens with one attached hydrogen (secondary N) is 1. The molecule has 1 aliphatic carbocycles. The number of alkyl halides is 3. The third-order valence-electron chi connectivity index (χ3n) is 5.89. The maximum atomic E-state index is 13.2. The Hall–Kier alpha value is -2.96. The first-order valence-corrected chi connectivity index (χ1v) is 10.4. The van der Waals surface area contributed by atoms with Gasteiger partial charge in [-0.15, -0.1) is 0 Å². The van der Waals surface area contributed by atoms with Crippen LogP contribution in [0.25, 0.3) is 11.4 Å². The summed E-state index contributed by atoms with van der Waals surface area (Å²) in [5.41, 5.74) is 2.55. The minimum atomic E-state index is -4.40. The van der Waals surface area contributed by atoms with Crippen LogP contribution in [-0.2, 0) is 19.0 Å². The molecule has 0 unspecified atom stereocenters. The fourth-order valence-corrected chi connectivity index (χ4v) is 3.99. The van der Waals surface area contributed by atoms with Gasteiger partial charge in [0.15, 0.2) is 5.82 Å². The second kappa shape index (κ2) is 7.94. The van der Waals surface area contributed by atoms with E-state index in [-0.39, 0.29) is 5.41 Å². The third-order valence-corrected chi connectivity index (χ3v) is 5.89. The quantitative estimate of drug-likeness (QED) is 0.523. The van der Waals surface area contributed by atoms with Gasteiger partial charge in [0, 0.05) is 34.9 Å². The molecule has 1 atom stereocenters. The Morgan fingerprint density at radius 1 is 1.00 bits per heavy atom. The van der Waals surface area contributed by atoms with Crippen LogP contribution in [0.1, 0.15) is 44.0 Å². The van der Waals surface area contributed by atoms with Crippen molar-refractivity contribution in [2.45, 2.75) is 46.2 Å². The van der Waals surface area contributed by atoms with E-state index >= 15 is 0 Å². The zero-order valence-corrected chi connectivity index (χ0v) is 17.8. The molecule has 2 heterocycles. The number of hydrogen-bond acceptors (Lipinski definition) is 4. The van der Waals surface area contributed by atoms with Crippen LogP contribution in [0.15, 0.2) is 48.8 Å². The Labute approximate surface area is 180 Å².